The van der Waals surface area contributed by atoms with Gasteiger partial charge in [-0.25, -0.2) is 4.98 Å². The van der Waals surface area contributed by atoms with E-state index in [-0.39, 0.29) is 12.4 Å². The minimum Gasteiger partial charge on any atom is -0.496 e. The largest absolute Gasteiger partial charge is 0.496 e. The van der Waals surface area contributed by atoms with Crippen molar-refractivity contribution in [3.05, 3.63) is 34.5 Å². The van der Waals surface area contributed by atoms with E-state index in [1.807, 2.05) is 19.1 Å². The third kappa shape index (κ3) is 3.52. The number of methoxy groups -OCH3 is 2. The molecule has 3 rings (SSSR count). The second-order valence-corrected chi connectivity index (χ2v) is 6.91. The molecular formula is C19H20N2O5S. The number of imidazole rings is 1. The van der Waals surface area contributed by atoms with Crippen molar-refractivity contribution in [1.82, 2.24) is 9.38 Å². The van der Waals surface area contributed by atoms with Gasteiger partial charge >= 0.3 is 5.97 Å². The van der Waals surface area contributed by atoms with Crippen LogP contribution in [0.15, 0.2) is 18.3 Å². The van der Waals surface area contributed by atoms with Crippen LogP contribution in [0.2, 0.25) is 0 Å². The number of nitrogens with zero attached hydrogens (tertiary/aromatic N) is 2. The average molecular weight is 388 g/mol. The van der Waals surface area contributed by atoms with Crippen LogP contribution in [0.25, 0.3) is 16.2 Å². The highest BCUT2D eigenvalue weighted by Gasteiger charge is 2.21. The Labute approximate surface area is 160 Å². The summed E-state index contributed by atoms with van der Waals surface area (Å²) in [5.41, 5.74) is 2.49. The molecule has 1 aromatic carbocycles. The zero-order valence-electron chi connectivity index (χ0n) is 15.6. The Morgan fingerprint density at radius 3 is 2.63 bits per heavy atom. The van der Waals surface area contributed by atoms with Gasteiger partial charge in [-0.2, -0.15) is 0 Å². The molecule has 8 heteroatoms. The summed E-state index contributed by atoms with van der Waals surface area (Å²) in [5.74, 6) is 0.982. The zero-order valence-corrected chi connectivity index (χ0v) is 16.4. The number of hydrogen-bond acceptors (Lipinski definition) is 7. The smallest absolute Gasteiger partial charge is 0.311 e. The number of aryl methyl sites for hydroxylation is 1. The first-order valence-corrected chi connectivity index (χ1v) is 9.18. The van der Waals surface area contributed by atoms with Crippen molar-refractivity contribution < 1.29 is 23.8 Å². The van der Waals surface area contributed by atoms with Crippen LogP contribution < -0.4 is 9.47 Å². The molecular weight excluding hydrogens is 368 g/mol. The summed E-state index contributed by atoms with van der Waals surface area (Å²) in [7, 11) is 3.16. The molecule has 2 heterocycles. The highest BCUT2D eigenvalue weighted by Crippen LogP contribution is 2.38. The molecule has 142 valence electrons. The number of esters is 1. The molecule has 0 amide bonds. The van der Waals surface area contributed by atoms with Crippen molar-refractivity contribution in [2.24, 2.45) is 0 Å². The Bertz CT molecular complexity index is 1010. The number of aldehydes is 1. The maximum Gasteiger partial charge on any atom is 0.311 e. The first-order chi connectivity index (χ1) is 13.0. The Kier molecular flexibility index (Phi) is 5.46. The van der Waals surface area contributed by atoms with E-state index in [9.17, 15) is 9.59 Å². The van der Waals surface area contributed by atoms with Gasteiger partial charge < -0.3 is 14.2 Å². The van der Waals surface area contributed by atoms with Crippen LogP contribution in [0.5, 0.6) is 11.5 Å². The van der Waals surface area contributed by atoms with Gasteiger partial charge in [-0.15, -0.1) is 11.3 Å². The van der Waals surface area contributed by atoms with Gasteiger partial charge in [0.1, 0.15) is 22.9 Å². The van der Waals surface area contributed by atoms with Gasteiger partial charge in [0.25, 0.3) is 0 Å². The van der Waals surface area contributed by atoms with E-state index in [1.165, 1.54) is 11.3 Å². The number of rotatable bonds is 7. The predicted octanol–water partition coefficient (Wildman–Crippen LogP) is 3.31. The summed E-state index contributed by atoms with van der Waals surface area (Å²) in [4.78, 5) is 29.5. The van der Waals surface area contributed by atoms with Gasteiger partial charge in [-0.05, 0) is 31.5 Å². The Balaban J connectivity index is 2.09. The number of benzene rings is 1. The number of ether oxygens (including phenoxy) is 3. The van der Waals surface area contributed by atoms with Gasteiger partial charge in [0.05, 0.1) is 27.2 Å². The lowest BCUT2D eigenvalue weighted by Crippen LogP contribution is -2.06. The van der Waals surface area contributed by atoms with Crippen LogP contribution in [-0.4, -0.2) is 42.5 Å². The Morgan fingerprint density at radius 2 is 2.00 bits per heavy atom. The summed E-state index contributed by atoms with van der Waals surface area (Å²) in [5, 5.41) is 0. The molecule has 7 nitrogen and oxygen atoms in total. The van der Waals surface area contributed by atoms with E-state index in [1.54, 1.807) is 31.7 Å². The SMILES string of the molecule is CCOC(=O)Cc1cn2c(C=O)c(-c3cc(OC)c(C)cc3OC)nc2s1. The first-order valence-electron chi connectivity index (χ1n) is 8.36. The molecule has 0 saturated carbocycles. The first kappa shape index (κ1) is 18.9. The van der Waals surface area contributed by atoms with Crippen LogP contribution in [0.1, 0.15) is 27.9 Å². The minimum absolute atomic E-state index is 0.150. The fourth-order valence-electron chi connectivity index (χ4n) is 2.89. The van der Waals surface area contributed by atoms with Crippen LogP contribution in [-0.2, 0) is 16.0 Å². The molecule has 3 aromatic rings. The van der Waals surface area contributed by atoms with E-state index in [4.69, 9.17) is 14.2 Å². The van der Waals surface area contributed by atoms with Gasteiger partial charge in [0.2, 0.25) is 0 Å². The maximum atomic E-state index is 11.8. The van der Waals surface area contributed by atoms with Crippen molar-refractivity contribution >= 4 is 28.6 Å². The summed E-state index contributed by atoms with van der Waals surface area (Å²) >= 11 is 1.34. The fraction of sp³-hybridized carbons (Fsp3) is 0.316. The minimum atomic E-state index is -0.306. The summed E-state index contributed by atoms with van der Waals surface area (Å²) < 4.78 is 17.5. The standard InChI is InChI=1S/C19H20N2O5S/c1-5-26-17(23)7-12-9-21-14(10-22)18(20-19(21)27-12)13-8-15(24-3)11(2)6-16(13)25-4/h6,8-10H,5,7H2,1-4H3. The Morgan fingerprint density at radius 1 is 1.26 bits per heavy atom. The highest BCUT2D eigenvalue weighted by molar-refractivity contribution is 7.17. The van der Waals surface area contributed by atoms with Crippen molar-refractivity contribution in [3.63, 3.8) is 0 Å². The lowest BCUT2D eigenvalue weighted by atomic mass is 10.1. The molecule has 0 radical (unpaired) electrons. The summed E-state index contributed by atoms with van der Waals surface area (Å²) in [6.45, 7) is 4.01. The molecule has 2 aromatic heterocycles. The molecule has 27 heavy (non-hydrogen) atoms. The number of carbonyl (C=O) groups excluding carboxylic acids is 2. The second-order valence-electron chi connectivity index (χ2n) is 5.82. The van der Waals surface area contributed by atoms with Crippen molar-refractivity contribution in [3.8, 4) is 22.8 Å². The number of hydrogen-bond donors (Lipinski definition) is 0. The zero-order chi connectivity index (χ0) is 19.6. The number of fused-ring (bicyclic) bond motifs is 1. The normalized spacial score (nSPS) is 10.8. The number of carbonyl (C=O) groups is 2. The Hall–Kier alpha value is -2.87. The molecule has 0 unspecified atom stereocenters. The third-order valence-corrected chi connectivity index (χ3v) is 5.10. The topological polar surface area (TPSA) is 79.1 Å². The molecule has 0 bridgehead atoms. The van der Waals surface area contributed by atoms with Crippen molar-refractivity contribution in [2.75, 3.05) is 20.8 Å². The average Bonchev–Trinajstić information content (AvgIpc) is 3.18. The number of aromatic nitrogens is 2. The monoisotopic (exact) mass is 388 g/mol. The molecule has 0 spiro atoms. The van der Waals surface area contributed by atoms with Crippen molar-refractivity contribution in [2.45, 2.75) is 20.3 Å². The van der Waals surface area contributed by atoms with Crippen LogP contribution in [0.4, 0.5) is 0 Å². The third-order valence-electron chi connectivity index (χ3n) is 4.12. The fourth-order valence-corrected chi connectivity index (χ4v) is 3.86. The molecule has 0 saturated heterocycles. The van der Waals surface area contributed by atoms with E-state index in [2.05, 4.69) is 4.98 Å². The van der Waals surface area contributed by atoms with Crippen LogP contribution >= 0.6 is 11.3 Å². The molecule has 0 aliphatic rings. The van der Waals surface area contributed by atoms with E-state index in [0.29, 0.717) is 40.0 Å². The van der Waals surface area contributed by atoms with Gasteiger partial charge in [0.15, 0.2) is 11.2 Å². The van der Waals surface area contributed by atoms with Gasteiger partial charge in [-0.3, -0.25) is 14.0 Å². The maximum absolute atomic E-state index is 11.8. The summed E-state index contributed by atoms with van der Waals surface area (Å²) in [6.07, 6.45) is 2.65. The van der Waals surface area contributed by atoms with E-state index < -0.39 is 0 Å². The lowest BCUT2D eigenvalue weighted by molar-refractivity contribution is -0.142. The molecule has 0 N–H and O–H groups in total. The van der Waals surface area contributed by atoms with E-state index >= 15 is 0 Å². The quantitative estimate of drug-likeness (QED) is 0.456. The lowest BCUT2D eigenvalue weighted by Gasteiger charge is -2.12. The van der Waals surface area contributed by atoms with Crippen LogP contribution in [0, 0.1) is 6.92 Å². The highest BCUT2D eigenvalue weighted by atomic mass is 32.1. The van der Waals surface area contributed by atoms with E-state index in [0.717, 1.165) is 16.7 Å². The molecule has 0 atom stereocenters. The predicted molar refractivity (Wildman–Crippen MR) is 102 cm³/mol. The van der Waals surface area contributed by atoms with Crippen molar-refractivity contribution in [1.29, 1.82) is 0 Å². The summed E-state index contributed by atoms with van der Waals surface area (Å²) in [6, 6.07) is 3.66. The molecule has 0 aliphatic heterocycles. The molecule has 0 fully saturated rings. The second kappa shape index (κ2) is 7.79. The number of thiazole rings is 1. The van der Waals surface area contributed by atoms with Gasteiger partial charge in [-0.1, -0.05) is 0 Å². The van der Waals surface area contributed by atoms with Crippen LogP contribution in [0.3, 0.4) is 0 Å². The molecule has 0 aliphatic carbocycles. The van der Waals surface area contributed by atoms with Gasteiger partial charge in [0, 0.05) is 16.6 Å².